The van der Waals surface area contributed by atoms with Gasteiger partial charge in [-0.15, -0.1) is 0 Å². The predicted molar refractivity (Wildman–Crippen MR) is 62.4 cm³/mol. The minimum absolute atomic E-state index is 0.184. The van der Waals surface area contributed by atoms with Gasteiger partial charge in [-0.25, -0.2) is 9.78 Å². The minimum atomic E-state index is -1.15. The van der Waals surface area contributed by atoms with Crippen LogP contribution >= 0.6 is 0 Å². The van der Waals surface area contributed by atoms with Crippen LogP contribution < -0.4 is 0 Å². The number of rotatable bonds is 2. The van der Waals surface area contributed by atoms with Gasteiger partial charge in [-0.2, -0.15) is 0 Å². The fraction of sp³-hybridized carbons (Fsp3) is 0.0833. The van der Waals surface area contributed by atoms with Crippen LogP contribution in [0.3, 0.4) is 0 Å². The van der Waals surface area contributed by atoms with Crippen LogP contribution in [0.2, 0.25) is 0 Å². The topological polar surface area (TPSA) is 80.6 Å². The molecule has 90 valence electrons. The highest BCUT2D eigenvalue weighted by Crippen LogP contribution is 2.26. The van der Waals surface area contributed by atoms with E-state index < -0.39 is 5.97 Å². The molecule has 0 bridgehead atoms. The van der Waals surface area contributed by atoms with Gasteiger partial charge in [0.1, 0.15) is 5.65 Å². The third-order valence-corrected chi connectivity index (χ3v) is 2.68. The molecule has 0 fully saturated rings. The monoisotopic (exact) mass is 243 g/mol. The van der Waals surface area contributed by atoms with Gasteiger partial charge >= 0.3 is 5.97 Å². The van der Waals surface area contributed by atoms with Crippen LogP contribution in [0.15, 0.2) is 35.1 Å². The summed E-state index contributed by atoms with van der Waals surface area (Å²) in [5.41, 5.74) is 2.21. The lowest BCUT2D eigenvalue weighted by Crippen LogP contribution is -1.96. The maximum Gasteiger partial charge on any atom is 0.375 e. The molecule has 0 saturated carbocycles. The van der Waals surface area contributed by atoms with Gasteiger partial charge in [-0.05, 0) is 19.1 Å². The summed E-state index contributed by atoms with van der Waals surface area (Å²) >= 11 is 0. The molecule has 18 heavy (non-hydrogen) atoms. The van der Waals surface area contributed by atoms with E-state index in [9.17, 15) is 4.79 Å². The number of hydrogen-bond acceptors (Lipinski definition) is 4. The summed E-state index contributed by atoms with van der Waals surface area (Å²) in [5, 5.41) is 12.7. The molecule has 0 atom stereocenters. The molecule has 3 aromatic heterocycles. The van der Waals surface area contributed by atoms with Crippen LogP contribution in [-0.4, -0.2) is 25.6 Å². The molecule has 0 radical (unpaired) electrons. The summed E-state index contributed by atoms with van der Waals surface area (Å²) in [5.74, 6) is -1.33. The first kappa shape index (κ1) is 10.5. The highest BCUT2D eigenvalue weighted by molar-refractivity contribution is 5.93. The number of aromatic carboxylic acids is 1. The van der Waals surface area contributed by atoms with Gasteiger partial charge in [0.15, 0.2) is 0 Å². The van der Waals surface area contributed by atoms with Crippen molar-refractivity contribution in [2.45, 2.75) is 6.92 Å². The first-order valence-corrected chi connectivity index (χ1v) is 5.30. The molecule has 0 aliphatic carbocycles. The van der Waals surface area contributed by atoms with Crippen molar-refractivity contribution < 1.29 is 14.4 Å². The molecule has 0 saturated heterocycles. The van der Waals surface area contributed by atoms with Gasteiger partial charge in [0.25, 0.3) is 5.76 Å². The molecule has 0 aliphatic rings. The van der Waals surface area contributed by atoms with E-state index in [2.05, 4.69) is 10.1 Å². The van der Waals surface area contributed by atoms with E-state index in [0.717, 1.165) is 5.65 Å². The molecule has 1 N–H and O–H groups in total. The Kier molecular flexibility index (Phi) is 2.16. The van der Waals surface area contributed by atoms with Crippen LogP contribution in [0.5, 0.6) is 0 Å². The average molecular weight is 243 g/mol. The Labute approximate surface area is 101 Å². The molecule has 3 rings (SSSR count). The molecule has 6 heteroatoms. The van der Waals surface area contributed by atoms with Crippen molar-refractivity contribution in [3.63, 3.8) is 0 Å². The number of imidazole rings is 1. The predicted octanol–water partition coefficient (Wildman–Crippen LogP) is 2.00. The second-order valence-corrected chi connectivity index (χ2v) is 3.87. The maximum absolute atomic E-state index is 11.1. The van der Waals surface area contributed by atoms with Crippen molar-refractivity contribution in [3.8, 4) is 11.3 Å². The van der Waals surface area contributed by atoms with Crippen molar-refractivity contribution >= 4 is 11.6 Å². The number of carbonyl (C=O) groups is 1. The lowest BCUT2D eigenvalue weighted by Gasteiger charge is -1.92. The summed E-state index contributed by atoms with van der Waals surface area (Å²) in [7, 11) is 0. The van der Waals surface area contributed by atoms with E-state index in [-0.39, 0.29) is 5.76 Å². The van der Waals surface area contributed by atoms with Crippen molar-refractivity contribution in [3.05, 3.63) is 42.0 Å². The largest absolute Gasteiger partial charge is 0.475 e. The molecule has 0 unspecified atom stereocenters. The van der Waals surface area contributed by atoms with E-state index in [0.29, 0.717) is 17.0 Å². The molecule has 3 heterocycles. The second-order valence-electron chi connectivity index (χ2n) is 3.87. The minimum Gasteiger partial charge on any atom is -0.475 e. The van der Waals surface area contributed by atoms with Crippen LogP contribution in [0.4, 0.5) is 0 Å². The summed E-state index contributed by atoms with van der Waals surface area (Å²) in [6.45, 7) is 1.69. The zero-order valence-corrected chi connectivity index (χ0v) is 9.49. The zero-order valence-electron chi connectivity index (χ0n) is 9.49. The van der Waals surface area contributed by atoms with E-state index in [1.165, 1.54) is 0 Å². The second kappa shape index (κ2) is 3.69. The normalized spacial score (nSPS) is 10.9. The molecule has 0 amide bonds. The number of hydrogen-bond donors (Lipinski definition) is 1. The van der Waals surface area contributed by atoms with E-state index in [1.54, 1.807) is 13.1 Å². The third kappa shape index (κ3) is 1.46. The van der Waals surface area contributed by atoms with Gasteiger partial charge in [0.2, 0.25) is 0 Å². The molecular formula is C12H9N3O3. The highest BCUT2D eigenvalue weighted by Gasteiger charge is 2.22. The number of fused-ring (bicyclic) bond motifs is 1. The van der Waals surface area contributed by atoms with Crippen molar-refractivity contribution in [2.75, 3.05) is 0 Å². The summed E-state index contributed by atoms with van der Waals surface area (Å²) < 4.78 is 6.62. The van der Waals surface area contributed by atoms with Gasteiger partial charge < -0.3 is 14.0 Å². The Morgan fingerprint density at radius 3 is 3.00 bits per heavy atom. The van der Waals surface area contributed by atoms with Crippen LogP contribution in [0.25, 0.3) is 16.9 Å². The molecular weight excluding hydrogens is 234 g/mol. The van der Waals surface area contributed by atoms with E-state index in [4.69, 9.17) is 9.63 Å². The van der Waals surface area contributed by atoms with Crippen LogP contribution in [-0.2, 0) is 0 Å². The Balaban J connectivity index is 2.25. The van der Waals surface area contributed by atoms with Crippen molar-refractivity contribution in [2.24, 2.45) is 0 Å². The number of aryl methyl sites for hydroxylation is 1. The van der Waals surface area contributed by atoms with Crippen LogP contribution in [0.1, 0.15) is 16.2 Å². The average Bonchev–Trinajstić information content (AvgIpc) is 2.91. The maximum atomic E-state index is 11.1. The Morgan fingerprint density at radius 2 is 2.28 bits per heavy atom. The lowest BCUT2D eigenvalue weighted by molar-refractivity contribution is 0.0653. The first-order valence-electron chi connectivity index (χ1n) is 5.30. The van der Waals surface area contributed by atoms with Crippen molar-refractivity contribution in [1.82, 2.24) is 14.5 Å². The summed E-state index contributed by atoms with van der Waals surface area (Å²) in [6.07, 6.45) is 3.59. The number of nitrogens with zero attached hydrogens (tertiary/aromatic N) is 3. The Morgan fingerprint density at radius 1 is 1.44 bits per heavy atom. The van der Waals surface area contributed by atoms with Crippen LogP contribution in [0, 0.1) is 6.92 Å². The Bertz CT molecular complexity index is 709. The standard InChI is InChI=1S/C12H9N3O3/c1-7-10(11(12(16)17)18-14-7)8-6-15-5-3-2-4-9(15)13-8/h2-6H,1H3,(H,16,17). The van der Waals surface area contributed by atoms with E-state index >= 15 is 0 Å². The fourth-order valence-corrected chi connectivity index (χ4v) is 1.87. The van der Waals surface area contributed by atoms with Gasteiger partial charge in [0.05, 0.1) is 17.0 Å². The molecule has 0 aromatic carbocycles. The number of carboxylic acids is 1. The van der Waals surface area contributed by atoms with Crippen molar-refractivity contribution in [1.29, 1.82) is 0 Å². The first-order chi connectivity index (χ1) is 8.66. The third-order valence-electron chi connectivity index (χ3n) is 2.68. The number of aromatic nitrogens is 3. The zero-order chi connectivity index (χ0) is 12.7. The quantitative estimate of drug-likeness (QED) is 0.744. The SMILES string of the molecule is Cc1noc(C(=O)O)c1-c1cn2ccccc2n1. The smallest absolute Gasteiger partial charge is 0.375 e. The van der Waals surface area contributed by atoms with E-state index in [1.807, 2.05) is 28.8 Å². The molecule has 3 aromatic rings. The summed E-state index contributed by atoms with van der Waals surface area (Å²) in [6, 6.07) is 5.58. The lowest BCUT2D eigenvalue weighted by atomic mass is 10.1. The molecule has 0 spiro atoms. The fourth-order valence-electron chi connectivity index (χ4n) is 1.87. The highest BCUT2D eigenvalue weighted by atomic mass is 16.5. The molecule has 6 nitrogen and oxygen atoms in total. The molecule has 0 aliphatic heterocycles. The van der Waals surface area contributed by atoms with Gasteiger partial charge in [0, 0.05) is 12.4 Å². The van der Waals surface area contributed by atoms with Gasteiger partial charge in [-0.1, -0.05) is 11.2 Å². The Hall–Kier alpha value is -2.63. The number of carboxylic acid groups (broad SMARTS) is 1. The number of pyridine rings is 1. The summed E-state index contributed by atoms with van der Waals surface area (Å²) in [4.78, 5) is 15.4. The van der Waals surface area contributed by atoms with Gasteiger partial charge in [-0.3, -0.25) is 0 Å².